The lowest BCUT2D eigenvalue weighted by atomic mass is 9.99. The number of hydrogen-bond donors (Lipinski definition) is 1. The summed E-state index contributed by atoms with van der Waals surface area (Å²) in [4.78, 5) is 6.84. The maximum absolute atomic E-state index is 5.21. The van der Waals surface area contributed by atoms with Gasteiger partial charge in [-0.25, -0.2) is 0 Å². The molecule has 132 valence electrons. The molecular weight excluding hydrogens is 310 g/mol. The molecule has 1 aliphatic rings. The van der Waals surface area contributed by atoms with Crippen LogP contribution in [0.1, 0.15) is 29.0 Å². The molecular formula is C21H27N3O. The standard InChI is InChI=1S/C21H27N3O/c1-22-21(23-14-17-7-6-8-18(13-17)16-25-2)24-12-11-20(15-24)19-9-4-3-5-10-19/h3-10,13,20H,11-12,14-16H2,1-2H3,(H,22,23). The Hall–Kier alpha value is -2.33. The predicted molar refractivity (Wildman–Crippen MR) is 103 cm³/mol. The van der Waals surface area contributed by atoms with E-state index >= 15 is 0 Å². The molecule has 1 N–H and O–H groups in total. The summed E-state index contributed by atoms with van der Waals surface area (Å²) in [6.07, 6.45) is 1.17. The Balaban J connectivity index is 1.57. The molecule has 1 atom stereocenters. The van der Waals surface area contributed by atoms with E-state index in [0.717, 1.165) is 25.6 Å². The van der Waals surface area contributed by atoms with E-state index < -0.39 is 0 Å². The zero-order valence-electron chi connectivity index (χ0n) is 15.1. The molecule has 1 unspecified atom stereocenters. The molecule has 3 rings (SSSR count). The average molecular weight is 337 g/mol. The van der Waals surface area contributed by atoms with E-state index in [1.165, 1.54) is 23.1 Å². The first-order valence-corrected chi connectivity index (χ1v) is 8.87. The molecule has 0 bridgehead atoms. The van der Waals surface area contributed by atoms with Crippen LogP contribution in [0.3, 0.4) is 0 Å². The van der Waals surface area contributed by atoms with Crippen LogP contribution in [0, 0.1) is 0 Å². The van der Waals surface area contributed by atoms with Crippen LogP contribution >= 0.6 is 0 Å². The van der Waals surface area contributed by atoms with Gasteiger partial charge in [-0.15, -0.1) is 0 Å². The SMILES string of the molecule is CN=C(NCc1cccc(COC)c1)N1CCC(c2ccccc2)C1. The maximum Gasteiger partial charge on any atom is 0.193 e. The van der Waals surface area contributed by atoms with Crippen LogP contribution in [0.25, 0.3) is 0 Å². The number of ether oxygens (including phenoxy) is 1. The Kier molecular flexibility index (Phi) is 6.07. The minimum absolute atomic E-state index is 0.588. The van der Waals surface area contributed by atoms with Crippen molar-refractivity contribution in [3.8, 4) is 0 Å². The lowest BCUT2D eigenvalue weighted by molar-refractivity contribution is 0.185. The third kappa shape index (κ3) is 4.60. The lowest BCUT2D eigenvalue weighted by Crippen LogP contribution is -2.39. The quantitative estimate of drug-likeness (QED) is 0.671. The Morgan fingerprint density at radius 2 is 1.96 bits per heavy atom. The van der Waals surface area contributed by atoms with Crippen molar-refractivity contribution in [3.05, 3.63) is 71.3 Å². The Labute approximate surface area is 150 Å². The summed E-state index contributed by atoms with van der Waals surface area (Å²) in [6.45, 7) is 3.49. The van der Waals surface area contributed by atoms with Gasteiger partial charge in [-0.1, -0.05) is 54.6 Å². The van der Waals surface area contributed by atoms with E-state index in [-0.39, 0.29) is 0 Å². The summed E-state index contributed by atoms with van der Waals surface area (Å²) in [6, 6.07) is 19.3. The summed E-state index contributed by atoms with van der Waals surface area (Å²) in [5, 5.41) is 3.50. The first kappa shape index (κ1) is 17.5. The fourth-order valence-corrected chi connectivity index (χ4v) is 3.46. The van der Waals surface area contributed by atoms with Crippen LogP contribution < -0.4 is 5.32 Å². The number of benzene rings is 2. The summed E-state index contributed by atoms with van der Waals surface area (Å²) < 4.78 is 5.21. The number of nitrogens with one attached hydrogen (secondary N) is 1. The molecule has 25 heavy (non-hydrogen) atoms. The van der Waals surface area contributed by atoms with Crippen molar-refractivity contribution in [1.82, 2.24) is 10.2 Å². The van der Waals surface area contributed by atoms with E-state index in [4.69, 9.17) is 4.74 Å². The fraction of sp³-hybridized carbons (Fsp3) is 0.381. The van der Waals surface area contributed by atoms with Crippen molar-refractivity contribution in [2.45, 2.75) is 25.5 Å². The molecule has 0 radical (unpaired) electrons. The molecule has 1 aliphatic heterocycles. The number of nitrogens with zero attached hydrogens (tertiary/aromatic N) is 2. The minimum Gasteiger partial charge on any atom is -0.380 e. The number of rotatable bonds is 5. The van der Waals surface area contributed by atoms with E-state index in [0.29, 0.717) is 12.5 Å². The molecule has 4 nitrogen and oxygen atoms in total. The van der Waals surface area contributed by atoms with Crippen LogP contribution in [0.5, 0.6) is 0 Å². The largest absolute Gasteiger partial charge is 0.380 e. The summed E-state index contributed by atoms with van der Waals surface area (Å²) in [7, 11) is 3.59. The number of aliphatic imine (C=N–C) groups is 1. The molecule has 1 heterocycles. The highest BCUT2D eigenvalue weighted by Gasteiger charge is 2.25. The van der Waals surface area contributed by atoms with E-state index in [1.54, 1.807) is 7.11 Å². The van der Waals surface area contributed by atoms with Crippen LogP contribution in [-0.2, 0) is 17.9 Å². The first-order chi connectivity index (χ1) is 12.3. The van der Waals surface area contributed by atoms with Gasteiger partial charge < -0.3 is 15.0 Å². The molecule has 0 aromatic heterocycles. The van der Waals surface area contributed by atoms with Crippen molar-refractivity contribution in [2.24, 2.45) is 4.99 Å². The molecule has 0 saturated carbocycles. The Morgan fingerprint density at radius 1 is 1.16 bits per heavy atom. The summed E-state index contributed by atoms with van der Waals surface area (Å²) in [5.41, 5.74) is 3.87. The highest BCUT2D eigenvalue weighted by atomic mass is 16.5. The van der Waals surface area contributed by atoms with Gasteiger partial charge in [-0.05, 0) is 23.1 Å². The van der Waals surface area contributed by atoms with Gasteiger partial charge in [0, 0.05) is 39.7 Å². The van der Waals surface area contributed by atoms with Crippen molar-refractivity contribution in [2.75, 3.05) is 27.2 Å². The van der Waals surface area contributed by atoms with Crippen molar-refractivity contribution in [3.63, 3.8) is 0 Å². The van der Waals surface area contributed by atoms with Crippen molar-refractivity contribution in [1.29, 1.82) is 0 Å². The highest BCUT2D eigenvalue weighted by molar-refractivity contribution is 5.80. The second kappa shape index (κ2) is 8.67. The Morgan fingerprint density at radius 3 is 2.72 bits per heavy atom. The van der Waals surface area contributed by atoms with E-state index in [2.05, 4.69) is 69.8 Å². The van der Waals surface area contributed by atoms with Gasteiger partial charge in [-0.2, -0.15) is 0 Å². The van der Waals surface area contributed by atoms with Gasteiger partial charge in [0.1, 0.15) is 0 Å². The van der Waals surface area contributed by atoms with Gasteiger partial charge in [0.25, 0.3) is 0 Å². The predicted octanol–water partition coefficient (Wildman–Crippen LogP) is 3.40. The topological polar surface area (TPSA) is 36.9 Å². The fourth-order valence-electron chi connectivity index (χ4n) is 3.46. The molecule has 0 spiro atoms. The molecule has 1 saturated heterocycles. The number of guanidine groups is 1. The van der Waals surface area contributed by atoms with Crippen LogP contribution in [0.4, 0.5) is 0 Å². The number of likely N-dealkylation sites (tertiary alicyclic amines) is 1. The van der Waals surface area contributed by atoms with Gasteiger partial charge >= 0.3 is 0 Å². The minimum atomic E-state index is 0.588. The van der Waals surface area contributed by atoms with Gasteiger partial charge in [0.15, 0.2) is 5.96 Å². The second-order valence-corrected chi connectivity index (χ2v) is 6.50. The zero-order chi connectivity index (χ0) is 17.5. The molecule has 2 aromatic carbocycles. The van der Waals surface area contributed by atoms with Crippen LogP contribution in [0.15, 0.2) is 59.6 Å². The molecule has 1 fully saturated rings. The van der Waals surface area contributed by atoms with Gasteiger partial charge in [0.2, 0.25) is 0 Å². The monoisotopic (exact) mass is 337 g/mol. The lowest BCUT2D eigenvalue weighted by Gasteiger charge is -2.22. The van der Waals surface area contributed by atoms with Crippen LogP contribution in [0.2, 0.25) is 0 Å². The molecule has 0 amide bonds. The highest BCUT2D eigenvalue weighted by Crippen LogP contribution is 2.26. The third-order valence-electron chi connectivity index (χ3n) is 4.72. The van der Waals surface area contributed by atoms with Crippen molar-refractivity contribution >= 4 is 5.96 Å². The average Bonchev–Trinajstić information content (AvgIpc) is 3.14. The van der Waals surface area contributed by atoms with E-state index in [9.17, 15) is 0 Å². The third-order valence-corrected chi connectivity index (χ3v) is 4.72. The number of methoxy groups -OCH3 is 1. The van der Waals surface area contributed by atoms with Gasteiger partial charge in [-0.3, -0.25) is 4.99 Å². The summed E-state index contributed by atoms with van der Waals surface area (Å²) >= 11 is 0. The van der Waals surface area contributed by atoms with Crippen LogP contribution in [-0.4, -0.2) is 38.1 Å². The molecule has 0 aliphatic carbocycles. The zero-order valence-corrected chi connectivity index (χ0v) is 15.1. The van der Waals surface area contributed by atoms with Gasteiger partial charge in [0.05, 0.1) is 6.61 Å². The molecule has 2 aromatic rings. The molecule has 4 heteroatoms. The first-order valence-electron chi connectivity index (χ1n) is 8.87. The normalized spacial score (nSPS) is 17.8. The Bertz CT molecular complexity index is 699. The second-order valence-electron chi connectivity index (χ2n) is 6.50. The smallest absolute Gasteiger partial charge is 0.193 e. The van der Waals surface area contributed by atoms with Crippen molar-refractivity contribution < 1.29 is 4.74 Å². The maximum atomic E-state index is 5.21. The summed E-state index contributed by atoms with van der Waals surface area (Å²) in [5.74, 6) is 1.57. The number of hydrogen-bond acceptors (Lipinski definition) is 2. The van der Waals surface area contributed by atoms with E-state index in [1.807, 2.05) is 7.05 Å².